The van der Waals surface area contributed by atoms with E-state index < -0.39 is 0 Å². The molecular formula is C30H34N2O3. The van der Waals surface area contributed by atoms with E-state index in [0.29, 0.717) is 24.6 Å². The van der Waals surface area contributed by atoms with Crippen LogP contribution in [0.2, 0.25) is 0 Å². The Hall–Kier alpha value is -3.60. The molecule has 0 saturated heterocycles. The smallest absolute Gasteiger partial charge is 0.262 e. The Labute approximate surface area is 208 Å². The Balaban J connectivity index is 1.57. The van der Waals surface area contributed by atoms with Crippen LogP contribution in [0, 0.1) is 19.8 Å². The number of nitrogens with one attached hydrogen (secondary N) is 1. The van der Waals surface area contributed by atoms with Gasteiger partial charge in [0.1, 0.15) is 5.75 Å². The van der Waals surface area contributed by atoms with E-state index in [9.17, 15) is 9.59 Å². The van der Waals surface area contributed by atoms with Crippen LogP contribution in [0.4, 0.5) is 5.69 Å². The maximum absolute atomic E-state index is 13.2. The third kappa shape index (κ3) is 6.10. The zero-order valence-corrected chi connectivity index (χ0v) is 21.0. The van der Waals surface area contributed by atoms with Crippen molar-refractivity contribution in [3.05, 3.63) is 94.5 Å². The highest BCUT2D eigenvalue weighted by atomic mass is 16.5. The number of anilines is 1. The summed E-state index contributed by atoms with van der Waals surface area (Å²) in [7, 11) is 0. The average Bonchev–Trinajstić information content (AvgIpc) is 2.82. The van der Waals surface area contributed by atoms with Gasteiger partial charge in [-0.25, -0.2) is 0 Å². The second-order valence-electron chi connectivity index (χ2n) is 9.82. The summed E-state index contributed by atoms with van der Waals surface area (Å²) in [5, 5.41) is 2.88. The molecule has 0 spiro atoms. The number of ether oxygens (including phenoxy) is 1. The van der Waals surface area contributed by atoms with Gasteiger partial charge >= 0.3 is 0 Å². The van der Waals surface area contributed by atoms with Gasteiger partial charge in [-0.1, -0.05) is 61.9 Å². The Morgan fingerprint density at radius 2 is 1.77 bits per heavy atom. The minimum atomic E-state index is -0.211. The minimum absolute atomic E-state index is 0.0854. The topological polar surface area (TPSA) is 58.6 Å². The highest BCUT2D eigenvalue weighted by Gasteiger charge is 2.32. The highest BCUT2D eigenvalue weighted by molar-refractivity contribution is 5.91. The molecule has 0 fully saturated rings. The molecule has 3 aromatic carbocycles. The highest BCUT2D eigenvalue weighted by Crippen LogP contribution is 2.38. The molecule has 5 heteroatoms. The van der Waals surface area contributed by atoms with Gasteiger partial charge in [0.2, 0.25) is 5.91 Å². The molecule has 0 saturated carbocycles. The fourth-order valence-corrected chi connectivity index (χ4v) is 4.60. The van der Waals surface area contributed by atoms with E-state index in [2.05, 4.69) is 56.4 Å². The molecule has 1 aliphatic heterocycles. The quantitative estimate of drug-likeness (QED) is 0.472. The van der Waals surface area contributed by atoms with Gasteiger partial charge in [-0.2, -0.15) is 0 Å². The number of carbonyl (C=O) groups excluding carboxylic acids is 2. The molecule has 1 aliphatic rings. The molecule has 5 nitrogen and oxygen atoms in total. The summed E-state index contributed by atoms with van der Waals surface area (Å²) < 4.78 is 5.88. The fraction of sp³-hybridized carbons (Fsp3) is 0.333. The Kier molecular flexibility index (Phi) is 7.54. The fourth-order valence-electron chi connectivity index (χ4n) is 4.60. The van der Waals surface area contributed by atoms with Crippen molar-refractivity contribution in [1.82, 2.24) is 4.90 Å². The monoisotopic (exact) mass is 470 g/mol. The SMILES string of the molecule is Cc1ccc([C@@H]2c3cc(OCC(=O)Nc4cccc(C)c4)ccc3CCN2C(=O)CC(C)C)cc1. The van der Waals surface area contributed by atoms with Gasteiger partial charge in [-0.05, 0) is 72.7 Å². The lowest BCUT2D eigenvalue weighted by Gasteiger charge is -2.38. The first-order valence-corrected chi connectivity index (χ1v) is 12.3. The number of hydrogen-bond acceptors (Lipinski definition) is 3. The summed E-state index contributed by atoms with van der Waals surface area (Å²) in [6.45, 7) is 8.80. The van der Waals surface area contributed by atoms with Crippen LogP contribution in [0.3, 0.4) is 0 Å². The number of hydrogen-bond donors (Lipinski definition) is 1. The summed E-state index contributed by atoms with van der Waals surface area (Å²) in [5.41, 5.74) is 6.37. The number of aryl methyl sites for hydroxylation is 2. The van der Waals surface area contributed by atoms with Gasteiger partial charge in [0.05, 0.1) is 6.04 Å². The third-order valence-corrected chi connectivity index (χ3v) is 6.31. The van der Waals surface area contributed by atoms with Crippen LogP contribution < -0.4 is 10.1 Å². The van der Waals surface area contributed by atoms with E-state index in [1.165, 1.54) is 11.1 Å². The third-order valence-electron chi connectivity index (χ3n) is 6.31. The molecule has 1 atom stereocenters. The molecular weight excluding hydrogens is 436 g/mol. The van der Waals surface area contributed by atoms with Crippen molar-refractivity contribution >= 4 is 17.5 Å². The lowest BCUT2D eigenvalue weighted by molar-refractivity contribution is -0.134. The molecule has 3 aromatic rings. The van der Waals surface area contributed by atoms with Crippen molar-refractivity contribution < 1.29 is 14.3 Å². The van der Waals surface area contributed by atoms with Crippen LogP contribution in [0.25, 0.3) is 0 Å². The Morgan fingerprint density at radius 1 is 1.00 bits per heavy atom. The number of benzene rings is 3. The minimum Gasteiger partial charge on any atom is -0.484 e. The standard InChI is InChI=1S/C30H34N2O3/c1-20(2)16-29(34)32-15-14-23-12-13-26(18-27(23)30(32)24-10-8-21(3)9-11-24)35-19-28(33)31-25-7-5-6-22(4)17-25/h5-13,17-18,20,30H,14-16,19H2,1-4H3,(H,31,33)/t30-/m1/s1. The van der Waals surface area contributed by atoms with Crippen LogP contribution in [0.1, 0.15) is 54.1 Å². The number of fused-ring (bicyclic) bond motifs is 1. The van der Waals surface area contributed by atoms with Gasteiger partial charge in [0.15, 0.2) is 6.61 Å². The van der Waals surface area contributed by atoms with E-state index in [1.807, 2.05) is 48.2 Å². The Morgan fingerprint density at radius 3 is 2.49 bits per heavy atom. The first-order valence-electron chi connectivity index (χ1n) is 12.3. The molecule has 0 bridgehead atoms. The van der Waals surface area contributed by atoms with Crippen LogP contribution in [-0.4, -0.2) is 29.9 Å². The summed E-state index contributed by atoms with van der Waals surface area (Å²) in [4.78, 5) is 27.7. The van der Waals surface area contributed by atoms with Crippen molar-refractivity contribution in [3.8, 4) is 5.75 Å². The predicted molar refractivity (Wildman–Crippen MR) is 140 cm³/mol. The molecule has 1 heterocycles. The van der Waals surface area contributed by atoms with Crippen LogP contribution >= 0.6 is 0 Å². The van der Waals surface area contributed by atoms with Crippen LogP contribution in [0.5, 0.6) is 5.75 Å². The molecule has 2 amide bonds. The van der Waals surface area contributed by atoms with Crippen molar-refractivity contribution in [2.24, 2.45) is 5.92 Å². The summed E-state index contributed by atoms with van der Waals surface area (Å²) in [5.74, 6) is 0.875. The Bertz CT molecular complexity index is 1200. The van der Waals surface area contributed by atoms with Crippen molar-refractivity contribution in [1.29, 1.82) is 0 Å². The van der Waals surface area contributed by atoms with Crippen molar-refractivity contribution in [2.45, 2.75) is 46.6 Å². The van der Waals surface area contributed by atoms with Gasteiger partial charge in [-0.3, -0.25) is 9.59 Å². The lowest BCUT2D eigenvalue weighted by Crippen LogP contribution is -2.41. The molecule has 0 aromatic heterocycles. The molecule has 0 aliphatic carbocycles. The second-order valence-corrected chi connectivity index (χ2v) is 9.82. The van der Waals surface area contributed by atoms with Gasteiger partial charge in [0.25, 0.3) is 5.91 Å². The van der Waals surface area contributed by atoms with Crippen LogP contribution in [-0.2, 0) is 16.0 Å². The second kappa shape index (κ2) is 10.8. The first-order chi connectivity index (χ1) is 16.8. The van der Waals surface area contributed by atoms with Gasteiger partial charge in [-0.15, -0.1) is 0 Å². The van der Waals surface area contributed by atoms with E-state index >= 15 is 0 Å². The molecule has 1 N–H and O–H groups in total. The summed E-state index contributed by atoms with van der Waals surface area (Å²) >= 11 is 0. The summed E-state index contributed by atoms with van der Waals surface area (Å²) in [6.07, 6.45) is 1.32. The number of carbonyl (C=O) groups is 2. The van der Waals surface area contributed by atoms with Crippen molar-refractivity contribution in [3.63, 3.8) is 0 Å². The van der Waals surface area contributed by atoms with E-state index in [1.54, 1.807) is 0 Å². The van der Waals surface area contributed by atoms with Crippen molar-refractivity contribution in [2.75, 3.05) is 18.5 Å². The largest absolute Gasteiger partial charge is 0.484 e. The van der Waals surface area contributed by atoms with Gasteiger partial charge in [0, 0.05) is 18.7 Å². The van der Waals surface area contributed by atoms with E-state index in [4.69, 9.17) is 4.74 Å². The maximum atomic E-state index is 13.2. The summed E-state index contributed by atoms with van der Waals surface area (Å²) in [6, 6.07) is 21.9. The first kappa shape index (κ1) is 24.5. The van der Waals surface area contributed by atoms with E-state index in [-0.39, 0.29) is 24.5 Å². The molecule has 182 valence electrons. The van der Waals surface area contributed by atoms with Gasteiger partial charge < -0.3 is 15.0 Å². The predicted octanol–water partition coefficient (Wildman–Crippen LogP) is 5.84. The molecule has 35 heavy (non-hydrogen) atoms. The normalized spacial score (nSPS) is 15.0. The zero-order chi connectivity index (χ0) is 24.9. The lowest BCUT2D eigenvalue weighted by atomic mass is 9.87. The number of amides is 2. The maximum Gasteiger partial charge on any atom is 0.262 e. The molecule has 4 rings (SSSR count). The molecule has 0 unspecified atom stereocenters. The van der Waals surface area contributed by atoms with E-state index in [0.717, 1.165) is 28.8 Å². The zero-order valence-electron chi connectivity index (χ0n) is 21.0. The molecule has 0 radical (unpaired) electrons. The average molecular weight is 471 g/mol. The van der Waals surface area contributed by atoms with Crippen LogP contribution in [0.15, 0.2) is 66.7 Å². The number of nitrogens with zero attached hydrogens (tertiary/aromatic N) is 1. The number of rotatable bonds is 7.